The third-order valence-electron chi connectivity index (χ3n) is 0.383. The van der Waals surface area contributed by atoms with Gasteiger partial charge in [0.25, 0.3) is 0 Å². The Balaban J connectivity index is 2.49. The summed E-state index contributed by atoms with van der Waals surface area (Å²) in [5, 5.41) is 0. The van der Waals surface area contributed by atoms with E-state index in [1.165, 1.54) is 0 Å². The van der Waals surface area contributed by atoms with E-state index < -0.39 is 0 Å². The second kappa shape index (κ2) is 5.25. The van der Waals surface area contributed by atoms with Crippen molar-refractivity contribution in [2.75, 3.05) is 5.50 Å². The zero-order valence-electron chi connectivity index (χ0n) is 3.58. The second-order valence-electron chi connectivity index (χ2n) is 0.876. The molecule has 0 amide bonds. The molecule has 0 aromatic carbocycles. The highest BCUT2D eigenvalue weighted by atomic mass is 35.5. The summed E-state index contributed by atoms with van der Waals surface area (Å²) in [5.41, 5.74) is 0.784. The van der Waals surface area contributed by atoms with Crippen molar-refractivity contribution < 1.29 is 0 Å². The highest BCUT2D eigenvalue weighted by Gasteiger charge is 1.75. The fourth-order valence-electron chi connectivity index (χ4n) is 0.157. The summed E-state index contributed by atoms with van der Waals surface area (Å²) in [5.74, 6) is 0. The third kappa shape index (κ3) is 4.25. The average Bonchev–Trinajstić information content (AvgIpc) is 1.61. The van der Waals surface area contributed by atoms with Crippen LogP contribution in [0.4, 0.5) is 0 Å². The van der Waals surface area contributed by atoms with Crippen molar-refractivity contribution in [3.05, 3.63) is 12.7 Å². The Morgan fingerprint density at radius 1 is 1.83 bits per heavy atom. The molecule has 0 atom stereocenters. The second-order valence-corrected chi connectivity index (χ2v) is 2.85. The Kier molecular flexibility index (Phi) is 5.46. The standard InChI is InChI=1S/C4H7ClSi/c1-2-3-6-4-5/h2H,1,3-4H2. The van der Waals surface area contributed by atoms with Crippen LogP contribution in [0.5, 0.6) is 0 Å². The smallest absolute Gasteiger partial charge is 0.0616 e. The lowest BCUT2D eigenvalue weighted by atomic mass is 10.8. The first-order valence-electron chi connectivity index (χ1n) is 1.79. The van der Waals surface area contributed by atoms with E-state index in [1.807, 2.05) is 6.08 Å². The molecule has 0 aromatic heterocycles. The van der Waals surface area contributed by atoms with Gasteiger partial charge in [0.05, 0.1) is 9.52 Å². The molecule has 6 heavy (non-hydrogen) atoms. The van der Waals surface area contributed by atoms with Crippen molar-refractivity contribution in [2.45, 2.75) is 6.04 Å². The van der Waals surface area contributed by atoms with Gasteiger partial charge in [-0.25, -0.2) is 0 Å². The van der Waals surface area contributed by atoms with E-state index in [0.29, 0.717) is 0 Å². The number of halogens is 1. The van der Waals surface area contributed by atoms with E-state index in [-0.39, 0.29) is 0 Å². The van der Waals surface area contributed by atoms with Gasteiger partial charge in [0.2, 0.25) is 0 Å². The predicted octanol–water partition coefficient (Wildman–Crippen LogP) is 1.49. The number of hydrogen-bond acceptors (Lipinski definition) is 0. The zero-order valence-corrected chi connectivity index (χ0v) is 5.33. The quantitative estimate of drug-likeness (QED) is 0.228. The summed E-state index contributed by atoms with van der Waals surface area (Å²) < 4.78 is 0. The molecule has 0 nitrogen and oxygen atoms in total. The van der Waals surface area contributed by atoms with Crippen LogP contribution in [0.1, 0.15) is 0 Å². The van der Waals surface area contributed by atoms with Crippen LogP contribution in [0.25, 0.3) is 0 Å². The van der Waals surface area contributed by atoms with Crippen molar-refractivity contribution in [2.24, 2.45) is 0 Å². The van der Waals surface area contributed by atoms with E-state index in [4.69, 9.17) is 11.6 Å². The molecule has 0 saturated heterocycles. The molecule has 0 unspecified atom stereocenters. The van der Waals surface area contributed by atoms with Crippen LogP contribution in [-0.2, 0) is 0 Å². The lowest BCUT2D eigenvalue weighted by molar-refractivity contribution is 1.69. The van der Waals surface area contributed by atoms with Crippen molar-refractivity contribution in [3.8, 4) is 0 Å². The Hall–Kier alpha value is 0.247. The van der Waals surface area contributed by atoms with Gasteiger partial charge >= 0.3 is 0 Å². The van der Waals surface area contributed by atoms with Gasteiger partial charge in [-0.3, -0.25) is 0 Å². The minimum Gasteiger partial charge on any atom is -0.131 e. The Labute approximate surface area is 46.0 Å². The number of allylic oxidation sites excluding steroid dienone is 1. The first-order chi connectivity index (χ1) is 2.91. The normalized spacial score (nSPS) is 8.17. The van der Waals surface area contributed by atoms with Crippen LogP contribution in [0, 0.1) is 0 Å². The van der Waals surface area contributed by atoms with Gasteiger partial charge in [0, 0.05) is 5.50 Å². The average molecular weight is 119 g/mol. The minimum atomic E-state index is 0.784. The van der Waals surface area contributed by atoms with E-state index in [1.54, 1.807) is 0 Å². The molecule has 0 saturated carbocycles. The maximum absolute atomic E-state index is 5.34. The first kappa shape index (κ1) is 6.25. The fraction of sp³-hybridized carbons (Fsp3) is 0.500. The zero-order chi connectivity index (χ0) is 4.83. The third-order valence-corrected chi connectivity index (χ3v) is 1.72. The van der Waals surface area contributed by atoms with Crippen LogP contribution < -0.4 is 0 Å². The van der Waals surface area contributed by atoms with Crippen LogP contribution >= 0.6 is 11.6 Å². The fourth-order valence-corrected chi connectivity index (χ4v) is 0.797. The summed E-state index contributed by atoms with van der Waals surface area (Å²) in [6.07, 6.45) is 1.89. The summed E-state index contributed by atoms with van der Waals surface area (Å²) in [7, 11) is 0.862. The number of hydrogen-bond donors (Lipinski definition) is 0. The molecular formula is C4H7ClSi. The van der Waals surface area contributed by atoms with E-state index >= 15 is 0 Å². The van der Waals surface area contributed by atoms with Gasteiger partial charge in [-0.05, 0) is 6.04 Å². The molecule has 0 aliphatic heterocycles. The molecule has 0 bridgehead atoms. The predicted molar refractivity (Wildman–Crippen MR) is 31.5 cm³/mol. The van der Waals surface area contributed by atoms with Crippen LogP contribution in [-0.4, -0.2) is 15.0 Å². The molecule has 0 fully saturated rings. The van der Waals surface area contributed by atoms with Crippen LogP contribution in [0.15, 0.2) is 12.7 Å². The van der Waals surface area contributed by atoms with Crippen molar-refractivity contribution >= 4 is 21.1 Å². The monoisotopic (exact) mass is 118 g/mol. The van der Waals surface area contributed by atoms with E-state index in [2.05, 4.69) is 6.58 Å². The van der Waals surface area contributed by atoms with Gasteiger partial charge < -0.3 is 0 Å². The van der Waals surface area contributed by atoms with Gasteiger partial charge in [-0.2, -0.15) is 0 Å². The molecule has 0 aromatic rings. The molecule has 2 heteroatoms. The maximum atomic E-state index is 5.34. The van der Waals surface area contributed by atoms with E-state index in [0.717, 1.165) is 21.1 Å². The lowest BCUT2D eigenvalue weighted by Gasteiger charge is -1.78. The molecule has 0 N–H and O–H groups in total. The summed E-state index contributed by atoms with van der Waals surface area (Å²) in [6, 6.07) is 1.07. The van der Waals surface area contributed by atoms with Crippen LogP contribution in [0.3, 0.4) is 0 Å². The highest BCUT2D eigenvalue weighted by molar-refractivity contribution is 6.50. The minimum absolute atomic E-state index is 0.784. The lowest BCUT2D eigenvalue weighted by Crippen LogP contribution is -1.85. The Morgan fingerprint density at radius 2 is 2.50 bits per heavy atom. The molecule has 0 heterocycles. The topological polar surface area (TPSA) is 0 Å². The SMILES string of the molecule is C=CC[Si]CCl. The number of alkyl halides is 1. The Morgan fingerprint density at radius 3 is 2.67 bits per heavy atom. The van der Waals surface area contributed by atoms with Crippen molar-refractivity contribution in [1.29, 1.82) is 0 Å². The Bertz CT molecular complexity index is 36.5. The maximum Gasteiger partial charge on any atom is 0.0616 e. The summed E-state index contributed by atoms with van der Waals surface area (Å²) >= 11 is 5.34. The van der Waals surface area contributed by atoms with Gasteiger partial charge in [-0.15, -0.1) is 18.2 Å². The van der Waals surface area contributed by atoms with Crippen molar-refractivity contribution in [1.82, 2.24) is 0 Å². The van der Waals surface area contributed by atoms with Gasteiger partial charge in [0.1, 0.15) is 0 Å². The molecule has 34 valence electrons. The largest absolute Gasteiger partial charge is 0.131 e. The molecule has 0 aliphatic carbocycles. The molecular weight excluding hydrogens is 112 g/mol. The molecule has 0 spiro atoms. The summed E-state index contributed by atoms with van der Waals surface area (Å²) in [4.78, 5) is 0. The first-order valence-corrected chi connectivity index (χ1v) is 3.74. The molecule has 0 rings (SSSR count). The van der Waals surface area contributed by atoms with Crippen molar-refractivity contribution in [3.63, 3.8) is 0 Å². The summed E-state index contributed by atoms with van der Waals surface area (Å²) in [6.45, 7) is 3.55. The molecule has 0 aliphatic rings. The number of rotatable bonds is 3. The van der Waals surface area contributed by atoms with Gasteiger partial charge in [-0.1, -0.05) is 6.08 Å². The highest BCUT2D eigenvalue weighted by Crippen LogP contribution is 1.79. The van der Waals surface area contributed by atoms with E-state index in [9.17, 15) is 0 Å². The van der Waals surface area contributed by atoms with Crippen LogP contribution in [0.2, 0.25) is 6.04 Å². The molecule has 2 radical (unpaired) electrons. The van der Waals surface area contributed by atoms with Gasteiger partial charge in [0.15, 0.2) is 0 Å².